The summed E-state index contributed by atoms with van der Waals surface area (Å²) in [7, 11) is 1.43. The van der Waals surface area contributed by atoms with Crippen LogP contribution in [0.5, 0.6) is 5.75 Å². The van der Waals surface area contributed by atoms with Crippen LogP contribution in [0, 0.1) is 12.7 Å². The first-order valence-electron chi connectivity index (χ1n) is 4.95. The molecule has 0 spiro atoms. The standard InChI is InChI=1S/C12H10BrFN2O/c1-7-15-10(6-12(13)16-7)8-3-4-11(17-2)9(14)5-8/h3-6H,1-2H3. The zero-order chi connectivity index (χ0) is 12.4. The van der Waals surface area contributed by atoms with Crippen LogP contribution in [-0.2, 0) is 0 Å². The molecule has 1 heterocycles. The van der Waals surface area contributed by atoms with E-state index >= 15 is 0 Å². The van der Waals surface area contributed by atoms with Gasteiger partial charge >= 0.3 is 0 Å². The highest BCUT2D eigenvalue weighted by Crippen LogP contribution is 2.25. The molecule has 0 saturated carbocycles. The summed E-state index contributed by atoms with van der Waals surface area (Å²) in [5.74, 6) is 0.446. The lowest BCUT2D eigenvalue weighted by molar-refractivity contribution is 0.386. The minimum atomic E-state index is -0.405. The van der Waals surface area contributed by atoms with Crippen LogP contribution >= 0.6 is 15.9 Å². The van der Waals surface area contributed by atoms with Crippen LogP contribution in [0.4, 0.5) is 4.39 Å². The van der Waals surface area contributed by atoms with Crippen molar-refractivity contribution < 1.29 is 9.13 Å². The third-order valence-electron chi connectivity index (χ3n) is 2.25. The molecule has 1 aromatic heterocycles. The van der Waals surface area contributed by atoms with Gasteiger partial charge in [-0.3, -0.25) is 0 Å². The van der Waals surface area contributed by atoms with Crippen LogP contribution in [0.1, 0.15) is 5.82 Å². The predicted octanol–water partition coefficient (Wildman–Crippen LogP) is 3.36. The second kappa shape index (κ2) is 4.79. The van der Waals surface area contributed by atoms with Gasteiger partial charge in [-0.2, -0.15) is 0 Å². The lowest BCUT2D eigenvalue weighted by Gasteiger charge is -2.05. The van der Waals surface area contributed by atoms with Crippen LogP contribution in [-0.4, -0.2) is 17.1 Å². The highest BCUT2D eigenvalue weighted by atomic mass is 79.9. The number of nitrogens with zero attached hydrogens (tertiary/aromatic N) is 2. The average Bonchev–Trinajstić information content (AvgIpc) is 2.27. The number of rotatable bonds is 2. The van der Waals surface area contributed by atoms with Crippen LogP contribution < -0.4 is 4.74 Å². The number of aryl methyl sites for hydroxylation is 1. The summed E-state index contributed by atoms with van der Waals surface area (Å²) < 4.78 is 19.1. The van der Waals surface area contributed by atoms with Crippen molar-refractivity contribution in [3.63, 3.8) is 0 Å². The third-order valence-corrected chi connectivity index (χ3v) is 2.66. The minimum Gasteiger partial charge on any atom is -0.494 e. The van der Waals surface area contributed by atoms with Gasteiger partial charge in [-0.25, -0.2) is 14.4 Å². The smallest absolute Gasteiger partial charge is 0.165 e. The second-order valence-corrected chi connectivity index (χ2v) is 4.28. The van der Waals surface area contributed by atoms with Gasteiger partial charge in [0.15, 0.2) is 11.6 Å². The zero-order valence-corrected chi connectivity index (χ0v) is 11.0. The van der Waals surface area contributed by atoms with Crippen LogP contribution in [0.3, 0.4) is 0 Å². The maximum atomic E-state index is 13.6. The first kappa shape index (κ1) is 12.0. The molecule has 0 radical (unpaired) electrons. The molecule has 0 unspecified atom stereocenters. The minimum absolute atomic E-state index is 0.221. The molecule has 2 aromatic rings. The highest BCUT2D eigenvalue weighted by molar-refractivity contribution is 9.10. The monoisotopic (exact) mass is 296 g/mol. The van der Waals surface area contributed by atoms with E-state index in [1.165, 1.54) is 13.2 Å². The lowest BCUT2D eigenvalue weighted by Crippen LogP contribution is -1.93. The maximum absolute atomic E-state index is 13.6. The number of ether oxygens (including phenoxy) is 1. The molecular formula is C12H10BrFN2O. The van der Waals surface area contributed by atoms with Gasteiger partial charge in [0.25, 0.3) is 0 Å². The van der Waals surface area contributed by atoms with Gasteiger partial charge < -0.3 is 4.74 Å². The molecule has 0 amide bonds. The molecule has 3 nitrogen and oxygen atoms in total. The van der Waals surface area contributed by atoms with Gasteiger partial charge in [-0.1, -0.05) is 0 Å². The normalized spacial score (nSPS) is 10.4. The molecule has 2 rings (SSSR count). The number of benzene rings is 1. The number of hydrogen-bond acceptors (Lipinski definition) is 3. The van der Waals surface area contributed by atoms with Crippen molar-refractivity contribution in [3.05, 3.63) is 40.5 Å². The molecule has 0 aliphatic carbocycles. The van der Waals surface area contributed by atoms with Crippen molar-refractivity contribution in [1.29, 1.82) is 0 Å². The van der Waals surface area contributed by atoms with Gasteiger partial charge in [0, 0.05) is 5.56 Å². The largest absolute Gasteiger partial charge is 0.494 e. The van der Waals surface area contributed by atoms with Crippen molar-refractivity contribution in [2.45, 2.75) is 6.92 Å². The fourth-order valence-electron chi connectivity index (χ4n) is 1.50. The van der Waals surface area contributed by atoms with Crippen molar-refractivity contribution in [2.75, 3.05) is 7.11 Å². The summed E-state index contributed by atoms with van der Waals surface area (Å²) in [4.78, 5) is 8.36. The third kappa shape index (κ3) is 2.61. The Bertz CT molecular complexity index is 540. The Morgan fingerprint density at radius 2 is 2.00 bits per heavy atom. The summed E-state index contributed by atoms with van der Waals surface area (Å²) in [5, 5.41) is 0. The molecule has 0 aliphatic heterocycles. The Morgan fingerprint density at radius 3 is 2.59 bits per heavy atom. The van der Waals surface area contributed by atoms with Crippen LogP contribution in [0.15, 0.2) is 28.9 Å². The van der Waals surface area contributed by atoms with Gasteiger partial charge in [-0.15, -0.1) is 0 Å². The van der Waals surface area contributed by atoms with Crippen LogP contribution in [0.2, 0.25) is 0 Å². The summed E-state index contributed by atoms with van der Waals surface area (Å²) >= 11 is 3.29. The molecule has 0 bridgehead atoms. The highest BCUT2D eigenvalue weighted by Gasteiger charge is 2.07. The molecule has 0 fully saturated rings. The Kier molecular flexibility index (Phi) is 3.38. The van der Waals surface area contributed by atoms with E-state index < -0.39 is 5.82 Å². The van der Waals surface area contributed by atoms with Crippen molar-refractivity contribution in [3.8, 4) is 17.0 Å². The van der Waals surface area contributed by atoms with Crippen molar-refractivity contribution in [2.24, 2.45) is 0 Å². The molecule has 88 valence electrons. The molecule has 0 atom stereocenters. The number of halogens is 2. The SMILES string of the molecule is COc1ccc(-c2cc(Br)nc(C)n2)cc1F. The molecule has 1 aromatic carbocycles. The molecular weight excluding hydrogens is 287 g/mol. The van der Waals surface area contributed by atoms with E-state index in [2.05, 4.69) is 25.9 Å². The Morgan fingerprint density at radius 1 is 1.24 bits per heavy atom. The van der Waals surface area contributed by atoms with E-state index in [1.807, 2.05) is 0 Å². The van der Waals surface area contributed by atoms with Gasteiger partial charge in [0.2, 0.25) is 0 Å². The summed E-state index contributed by atoms with van der Waals surface area (Å²) in [6.45, 7) is 1.79. The predicted molar refractivity (Wildman–Crippen MR) is 66.4 cm³/mol. The number of aromatic nitrogens is 2. The first-order valence-corrected chi connectivity index (χ1v) is 5.74. The quantitative estimate of drug-likeness (QED) is 0.797. The van der Waals surface area contributed by atoms with E-state index in [9.17, 15) is 4.39 Å². The van der Waals surface area contributed by atoms with Gasteiger partial charge in [-0.05, 0) is 47.1 Å². The summed E-state index contributed by atoms with van der Waals surface area (Å²) in [5.41, 5.74) is 1.36. The Balaban J connectivity index is 2.49. The van der Waals surface area contributed by atoms with E-state index in [-0.39, 0.29) is 5.75 Å². The number of hydrogen-bond donors (Lipinski definition) is 0. The lowest BCUT2D eigenvalue weighted by atomic mass is 10.1. The molecule has 0 aliphatic rings. The summed E-state index contributed by atoms with van der Waals surface area (Å²) in [6.07, 6.45) is 0. The first-order chi connectivity index (χ1) is 8.10. The molecule has 0 N–H and O–H groups in total. The van der Waals surface area contributed by atoms with Crippen molar-refractivity contribution in [1.82, 2.24) is 9.97 Å². The summed E-state index contributed by atoms with van der Waals surface area (Å²) in [6, 6.07) is 6.48. The van der Waals surface area contributed by atoms with E-state index in [0.717, 1.165) is 0 Å². The Hall–Kier alpha value is -1.49. The topological polar surface area (TPSA) is 35.0 Å². The fourth-order valence-corrected chi connectivity index (χ4v) is 1.98. The second-order valence-electron chi connectivity index (χ2n) is 3.47. The fraction of sp³-hybridized carbons (Fsp3) is 0.167. The molecule has 17 heavy (non-hydrogen) atoms. The van der Waals surface area contributed by atoms with E-state index in [0.29, 0.717) is 21.7 Å². The van der Waals surface area contributed by atoms with E-state index in [4.69, 9.17) is 4.74 Å². The van der Waals surface area contributed by atoms with Crippen molar-refractivity contribution >= 4 is 15.9 Å². The van der Waals surface area contributed by atoms with E-state index in [1.54, 1.807) is 25.1 Å². The molecule has 0 saturated heterocycles. The Labute approximate surface area is 107 Å². The average molecular weight is 297 g/mol. The molecule has 5 heteroatoms. The maximum Gasteiger partial charge on any atom is 0.165 e. The van der Waals surface area contributed by atoms with Gasteiger partial charge in [0.05, 0.1) is 12.8 Å². The van der Waals surface area contributed by atoms with Gasteiger partial charge in [0.1, 0.15) is 10.4 Å². The number of methoxy groups -OCH3 is 1. The van der Waals surface area contributed by atoms with Crippen LogP contribution in [0.25, 0.3) is 11.3 Å². The zero-order valence-electron chi connectivity index (χ0n) is 9.37.